The van der Waals surface area contributed by atoms with Gasteiger partial charge < -0.3 is 9.47 Å². The molecule has 0 aliphatic carbocycles. The molecule has 0 heterocycles. The lowest BCUT2D eigenvalue weighted by atomic mass is 10.0. The molecule has 4 nitrogen and oxygen atoms in total. The van der Waals surface area contributed by atoms with Gasteiger partial charge in [0.25, 0.3) is 0 Å². The highest BCUT2D eigenvalue weighted by Gasteiger charge is 2.20. The molecule has 0 N–H and O–H groups in total. The summed E-state index contributed by atoms with van der Waals surface area (Å²) in [6, 6.07) is 14.4. The third kappa shape index (κ3) is 4.52. The monoisotopic (exact) mass is 326 g/mol. The molecule has 0 radical (unpaired) electrons. The number of esters is 1. The second kappa shape index (κ2) is 8.41. The summed E-state index contributed by atoms with van der Waals surface area (Å²) >= 11 is 0. The summed E-state index contributed by atoms with van der Waals surface area (Å²) in [6.07, 6.45) is 0.0765. The molecule has 0 saturated carbocycles. The minimum Gasteiger partial charge on any atom is -0.451 e. The second-order valence-corrected chi connectivity index (χ2v) is 5.60. The fourth-order valence-corrected chi connectivity index (χ4v) is 2.38. The predicted molar refractivity (Wildman–Crippen MR) is 92.2 cm³/mol. The van der Waals surface area contributed by atoms with E-state index in [1.54, 1.807) is 44.4 Å². The fraction of sp³-hybridized carbons (Fsp3) is 0.300. The molecule has 0 fully saturated rings. The van der Waals surface area contributed by atoms with Crippen LogP contribution in [0.4, 0.5) is 0 Å². The van der Waals surface area contributed by atoms with Gasteiger partial charge in [0, 0.05) is 12.7 Å². The number of rotatable bonds is 7. The average molecular weight is 326 g/mol. The molecule has 1 unspecified atom stereocenters. The van der Waals surface area contributed by atoms with Crippen LogP contribution in [-0.2, 0) is 22.5 Å². The molecule has 0 spiro atoms. The van der Waals surface area contributed by atoms with Crippen LogP contribution in [0, 0.1) is 0 Å². The molecule has 4 heteroatoms. The van der Waals surface area contributed by atoms with Gasteiger partial charge in [0.1, 0.15) is 0 Å². The zero-order valence-electron chi connectivity index (χ0n) is 14.2. The molecule has 0 amide bonds. The molecule has 0 aromatic heterocycles. The Morgan fingerprint density at radius 2 is 1.71 bits per heavy atom. The maximum absolute atomic E-state index is 12.4. The first kappa shape index (κ1) is 17.9. The largest absolute Gasteiger partial charge is 0.451 e. The summed E-state index contributed by atoms with van der Waals surface area (Å²) in [6.45, 7) is 4.06. The smallest absolute Gasteiger partial charge is 0.338 e. The number of benzene rings is 2. The van der Waals surface area contributed by atoms with Crippen LogP contribution >= 0.6 is 0 Å². The molecular weight excluding hydrogens is 304 g/mol. The highest BCUT2D eigenvalue weighted by molar-refractivity contribution is 6.01. The van der Waals surface area contributed by atoms with Gasteiger partial charge in [0.15, 0.2) is 6.10 Å². The van der Waals surface area contributed by atoms with Gasteiger partial charge in [0.2, 0.25) is 5.78 Å². The van der Waals surface area contributed by atoms with E-state index < -0.39 is 12.1 Å². The Morgan fingerprint density at radius 1 is 1.00 bits per heavy atom. The van der Waals surface area contributed by atoms with Gasteiger partial charge >= 0.3 is 5.97 Å². The maximum Gasteiger partial charge on any atom is 0.338 e. The van der Waals surface area contributed by atoms with Crippen LogP contribution in [0.3, 0.4) is 0 Å². The van der Waals surface area contributed by atoms with Crippen molar-refractivity contribution in [1.82, 2.24) is 0 Å². The Bertz CT molecular complexity index is 704. The molecule has 24 heavy (non-hydrogen) atoms. The molecule has 2 aromatic rings. The highest BCUT2D eigenvalue weighted by atomic mass is 16.5. The van der Waals surface area contributed by atoms with E-state index in [4.69, 9.17) is 9.47 Å². The van der Waals surface area contributed by atoms with Gasteiger partial charge in [-0.05, 0) is 36.6 Å². The van der Waals surface area contributed by atoms with Crippen molar-refractivity contribution < 1.29 is 19.1 Å². The van der Waals surface area contributed by atoms with Gasteiger partial charge in [-0.15, -0.1) is 0 Å². The van der Waals surface area contributed by atoms with E-state index in [9.17, 15) is 9.59 Å². The first-order valence-electron chi connectivity index (χ1n) is 7.97. The van der Waals surface area contributed by atoms with Crippen LogP contribution in [0.25, 0.3) is 0 Å². The highest BCUT2D eigenvalue weighted by Crippen LogP contribution is 2.13. The topological polar surface area (TPSA) is 52.6 Å². The molecule has 1 atom stereocenters. The summed E-state index contributed by atoms with van der Waals surface area (Å²) < 4.78 is 10.4. The molecule has 0 aliphatic rings. The second-order valence-electron chi connectivity index (χ2n) is 5.60. The van der Waals surface area contributed by atoms with Crippen molar-refractivity contribution in [2.45, 2.75) is 33.0 Å². The van der Waals surface area contributed by atoms with Crippen LogP contribution in [0.5, 0.6) is 0 Å². The molecule has 2 rings (SSSR count). The zero-order valence-corrected chi connectivity index (χ0v) is 14.2. The van der Waals surface area contributed by atoms with E-state index in [1.807, 2.05) is 18.2 Å². The van der Waals surface area contributed by atoms with Crippen molar-refractivity contribution in [3.8, 4) is 0 Å². The van der Waals surface area contributed by atoms with Crippen LogP contribution in [0.15, 0.2) is 48.5 Å². The molecule has 0 bridgehead atoms. The standard InChI is InChI=1S/C20H22O4/c1-4-15-8-10-17(11-9-15)19(21)14(2)24-20(22)18-7-5-6-16(12-18)13-23-3/h5-12,14H,4,13H2,1-3H3. The average Bonchev–Trinajstić information content (AvgIpc) is 2.61. The normalized spacial score (nSPS) is 11.8. The van der Waals surface area contributed by atoms with Crippen LogP contribution < -0.4 is 0 Å². The van der Waals surface area contributed by atoms with Gasteiger partial charge in [-0.2, -0.15) is 0 Å². The number of carbonyl (C=O) groups is 2. The van der Waals surface area contributed by atoms with E-state index in [-0.39, 0.29) is 5.78 Å². The fourth-order valence-electron chi connectivity index (χ4n) is 2.38. The third-order valence-corrected chi connectivity index (χ3v) is 3.77. The molecule has 0 saturated heterocycles. The van der Waals surface area contributed by atoms with Crippen LogP contribution in [-0.4, -0.2) is 25.0 Å². The van der Waals surface area contributed by atoms with Crippen molar-refractivity contribution in [1.29, 1.82) is 0 Å². The van der Waals surface area contributed by atoms with Gasteiger partial charge in [-0.25, -0.2) is 4.79 Å². The first-order chi connectivity index (χ1) is 11.5. The van der Waals surface area contributed by atoms with Crippen molar-refractivity contribution >= 4 is 11.8 Å². The summed E-state index contributed by atoms with van der Waals surface area (Å²) in [5.74, 6) is -0.724. The summed E-state index contributed by atoms with van der Waals surface area (Å²) in [5.41, 5.74) is 2.98. The van der Waals surface area contributed by atoms with Gasteiger partial charge in [-0.3, -0.25) is 4.79 Å². The zero-order chi connectivity index (χ0) is 17.5. The summed E-state index contributed by atoms with van der Waals surface area (Å²) in [7, 11) is 1.59. The lowest BCUT2D eigenvalue weighted by Crippen LogP contribution is -2.24. The quantitative estimate of drug-likeness (QED) is 0.573. The minimum absolute atomic E-state index is 0.209. The number of methoxy groups -OCH3 is 1. The summed E-state index contributed by atoms with van der Waals surface area (Å²) in [5, 5.41) is 0. The van der Waals surface area contributed by atoms with Crippen LogP contribution in [0.2, 0.25) is 0 Å². The SMILES string of the molecule is CCc1ccc(C(=O)C(C)OC(=O)c2cccc(COC)c2)cc1. The number of ether oxygens (including phenoxy) is 2. The lowest BCUT2D eigenvalue weighted by Gasteiger charge is -2.13. The molecular formula is C20H22O4. The van der Waals surface area contributed by atoms with Crippen molar-refractivity contribution in [2.75, 3.05) is 7.11 Å². The third-order valence-electron chi connectivity index (χ3n) is 3.77. The maximum atomic E-state index is 12.4. The van der Waals surface area contributed by atoms with E-state index >= 15 is 0 Å². The number of hydrogen-bond donors (Lipinski definition) is 0. The first-order valence-corrected chi connectivity index (χ1v) is 7.97. The summed E-state index contributed by atoms with van der Waals surface area (Å²) in [4.78, 5) is 24.6. The van der Waals surface area contributed by atoms with Crippen LogP contribution in [0.1, 0.15) is 45.7 Å². The van der Waals surface area contributed by atoms with Crippen molar-refractivity contribution in [3.63, 3.8) is 0 Å². The van der Waals surface area contributed by atoms with Gasteiger partial charge in [-0.1, -0.05) is 43.3 Å². The van der Waals surface area contributed by atoms with E-state index in [1.165, 1.54) is 0 Å². The Kier molecular flexibility index (Phi) is 6.27. The Balaban J connectivity index is 2.04. The molecule has 2 aromatic carbocycles. The Morgan fingerprint density at radius 3 is 2.33 bits per heavy atom. The number of ketones is 1. The number of Topliss-reactive ketones (excluding diaryl/α,β-unsaturated/α-hetero) is 1. The lowest BCUT2D eigenvalue weighted by molar-refractivity contribution is 0.0318. The van der Waals surface area contributed by atoms with E-state index in [0.717, 1.165) is 17.5 Å². The Hall–Kier alpha value is -2.46. The predicted octanol–water partition coefficient (Wildman–Crippen LogP) is 3.82. The van der Waals surface area contributed by atoms with Gasteiger partial charge in [0.05, 0.1) is 12.2 Å². The van der Waals surface area contributed by atoms with Crippen molar-refractivity contribution in [3.05, 3.63) is 70.8 Å². The number of aryl methyl sites for hydroxylation is 1. The molecule has 0 aliphatic heterocycles. The van der Waals surface area contributed by atoms with Crippen molar-refractivity contribution in [2.24, 2.45) is 0 Å². The molecule has 126 valence electrons. The number of carbonyl (C=O) groups excluding carboxylic acids is 2. The minimum atomic E-state index is -0.837. The van der Waals surface area contributed by atoms with E-state index in [0.29, 0.717) is 17.7 Å². The number of hydrogen-bond acceptors (Lipinski definition) is 4. The van der Waals surface area contributed by atoms with E-state index in [2.05, 4.69) is 6.92 Å². The Labute approximate surface area is 142 Å².